The molecule has 0 unspecified atom stereocenters. The van der Waals surface area contributed by atoms with Crippen molar-refractivity contribution in [3.63, 3.8) is 0 Å². The number of hydrogen-bond donors (Lipinski definition) is 1. The van der Waals surface area contributed by atoms with Gasteiger partial charge in [-0.25, -0.2) is 18.9 Å². The van der Waals surface area contributed by atoms with Gasteiger partial charge < -0.3 is 0 Å². The molecule has 0 aromatic heterocycles. The average Bonchev–Trinajstić information content (AvgIpc) is 3.17. The van der Waals surface area contributed by atoms with Gasteiger partial charge in [0.15, 0.2) is 9.84 Å². The van der Waals surface area contributed by atoms with Crippen molar-refractivity contribution in [1.29, 1.82) is 0 Å². The Morgan fingerprint density at radius 2 is 1.68 bits per heavy atom. The number of hydrazine groups is 1. The molecule has 1 N–H and O–H groups in total. The predicted molar refractivity (Wildman–Crippen MR) is 116 cm³/mol. The molecular weight excluding hydrogens is 418 g/mol. The van der Waals surface area contributed by atoms with Crippen LogP contribution < -0.4 is 10.4 Å². The predicted octanol–water partition coefficient (Wildman–Crippen LogP) is 2.67. The number of carbonyl (C=O) groups excluding carboxylic acids is 1. The topological polar surface area (TPSA) is 110 Å². The van der Waals surface area contributed by atoms with E-state index in [1.807, 2.05) is 25.1 Å². The lowest BCUT2D eigenvalue weighted by Crippen LogP contribution is -2.36. The molecule has 1 amide bonds. The van der Waals surface area contributed by atoms with Crippen molar-refractivity contribution in [3.8, 4) is 0 Å². The number of nitro groups is 1. The molecule has 31 heavy (non-hydrogen) atoms. The highest BCUT2D eigenvalue weighted by atomic mass is 32.2. The van der Waals surface area contributed by atoms with Crippen molar-refractivity contribution in [2.75, 3.05) is 10.8 Å². The second kappa shape index (κ2) is 7.90. The minimum Gasteiger partial charge on any atom is -0.273 e. The third-order valence-corrected chi connectivity index (χ3v) is 8.05. The molecule has 9 heteroatoms. The summed E-state index contributed by atoms with van der Waals surface area (Å²) in [5, 5.41) is 12.9. The molecule has 2 aromatic carbocycles. The Bertz CT molecular complexity index is 1150. The summed E-state index contributed by atoms with van der Waals surface area (Å²) in [6, 6.07) is 16.3. The summed E-state index contributed by atoms with van der Waals surface area (Å²) in [7, 11) is -3.90. The van der Waals surface area contributed by atoms with Crippen LogP contribution in [0.3, 0.4) is 0 Å². The number of nitrogens with one attached hydrogen (secondary N) is 1. The summed E-state index contributed by atoms with van der Waals surface area (Å²) in [5.74, 6) is -2.41. The first-order valence-electron chi connectivity index (χ1n) is 9.99. The van der Waals surface area contributed by atoms with Crippen LogP contribution in [-0.2, 0) is 14.6 Å². The van der Waals surface area contributed by atoms with Crippen molar-refractivity contribution < 1.29 is 18.1 Å². The van der Waals surface area contributed by atoms with Gasteiger partial charge in [0.05, 0.1) is 16.5 Å². The number of anilines is 1. The number of amides is 1. The first kappa shape index (κ1) is 21.2. The van der Waals surface area contributed by atoms with E-state index < -0.39 is 38.4 Å². The molecule has 2 aliphatic heterocycles. The second-order valence-electron chi connectivity index (χ2n) is 7.97. The van der Waals surface area contributed by atoms with E-state index in [0.717, 1.165) is 0 Å². The third kappa shape index (κ3) is 3.64. The normalized spacial score (nSPS) is 26.3. The van der Waals surface area contributed by atoms with Crippen LogP contribution in [0, 0.1) is 16.0 Å². The lowest BCUT2D eigenvalue weighted by atomic mass is 9.80. The first-order chi connectivity index (χ1) is 14.7. The Hall–Kier alpha value is -3.04. The van der Waals surface area contributed by atoms with Gasteiger partial charge in [-0.3, -0.25) is 14.9 Å². The summed E-state index contributed by atoms with van der Waals surface area (Å²) >= 11 is 0. The molecule has 2 heterocycles. The van der Waals surface area contributed by atoms with E-state index in [9.17, 15) is 23.3 Å². The van der Waals surface area contributed by atoms with Crippen LogP contribution in [-0.4, -0.2) is 37.1 Å². The number of hydrogen-bond acceptors (Lipinski definition) is 6. The molecule has 0 radical (unpaired) electrons. The summed E-state index contributed by atoms with van der Waals surface area (Å²) in [6.45, 7) is 3.32. The summed E-state index contributed by atoms with van der Waals surface area (Å²) in [5.41, 5.74) is 4.65. The zero-order valence-electron chi connectivity index (χ0n) is 17.1. The van der Waals surface area contributed by atoms with Crippen molar-refractivity contribution in [2.24, 2.45) is 5.92 Å². The number of nitrogens with zero attached hydrogens (tertiary/aromatic N) is 2. The van der Waals surface area contributed by atoms with Gasteiger partial charge in [-0.1, -0.05) is 48.5 Å². The number of sulfone groups is 1. The molecule has 2 aromatic rings. The van der Waals surface area contributed by atoms with Gasteiger partial charge in [-0.15, -0.1) is 0 Å². The number of para-hydroxylation sites is 1. The summed E-state index contributed by atoms with van der Waals surface area (Å²) in [4.78, 5) is 24.5. The minimum atomic E-state index is -3.90. The van der Waals surface area contributed by atoms with Gasteiger partial charge in [-0.2, -0.15) is 0 Å². The number of benzene rings is 2. The molecule has 0 aliphatic carbocycles. The number of carbonyl (C=O) groups is 1. The highest BCUT2D eigenvalue weighted by Crippen LogP contribution is 2.45. The molecule has 4 rings (SSSR count). The lowest BCUT2D eigenvalue weighted by Gasteiger charge is -2.26. The maximum absolute atomic E-state index is 13.5. The van der Waals surface area contributed by atoms with Gasteiger partial charge in [0.2, 0.25) is 11.9 Å². The van der Waals surface area contributed by atoms with Gasteiger partial charge in [0.25, 0.3) is 0 Å². The zero-order chi connectivity index (χ0) is 22.3. The van der Waals surface area contributed by atoms with Crippen molar-refractivity contribution in [3.05, 3.63) is 86.8 Å². The largest absolute Gasteiger partial charge is 0.273 e. The van der Waals surface area contributed by atoms with Crippen LogP contribution in [0.2, 0.25) is 0 Å². The molecule has 4 atom stereocenters. The van der Waals surface area contributed by atoms with Crippen LogP contribution in [0.4, 0.5) is 5.69 Å². The highest BCUT2D eigenvalue weighted by Gasteiger charge is 2.52. The van der Waals surface area contributed by atoms with Crippen LogP contribution in [0.15, 0.2) is 71.1 Å². The first-order valence-corrected chi connectivity index (χ1v) is 11.6. The van der Waals surface area contributed by atoms with Crippen LogP contribution in [0.5, 0.6) is 0 Å². The molecule has 2 aliphatic rings. The van der Waals surface area contributed by atoms with Crippen molar-refractivity contribution in [2.45, 2.75) is 31.8 Å². The van der Waals surface area contributed by atoms with E-state index in [2.05, 4.69) is 5.43 Å². The Balaban J connectivity index is 1.86. The molecule has 0 bridgehead atoms. The third-order valence-electron chi connectivity index (χ3n) is 6.05. The lowest BCUT2D eigenvalue weighted by molar-refractivity contribution is -0.505. The van der Waals surface area contributed by atoms with Gasteiger partial charge in [0.1, 0.15) is 5.75 Å². The van der Waals surface area contributed by atoms with Gasteiger partial charge in [-0.05, 0) is 31.5 Å². The standard InChI is InChI=1S/C22H23N3O5S/c1-14-18(25(27)28)13-31(29,30)21(14)20(16-9-5-3-6-10-16)19-15(2)23-24(22(19)26)17-11-7-4-8-12-17/h3-12,15,18-20,23H,13H2,1-2H3/t15-,18+,19-,20+/m0/s1. The number of allylic oxidation sites excluding steroid dienone is 1. The van der Waals surface area contributed by atoms with Gasteiger partial charge in [0, 0.05) is 22.5 Å². The van der Waals surface area contributed by atoms with E-state index in [4.69, 9.17) is 0 Å². The quantitative estimate of drug-likeness (QED) is 0.564. The highest BCUT2D eigenvalue weighted by molar-refractivity contribution is 7.95. The minimum absolute atomic E-state index is 0.00214. The fourth-order valence-electron chi connectivity index (χ4n) is 4.59. The maximum Gasteiger partial charge on any atom is 0.249 e. The van der Waals surface area contributed by atoms with E-state index in [1.165, 1.54) is 11.9 Å². The molecule has 0 saturated carbocycles. The summed E-state index contributed by atoms with van der Waals surface area (Å²) < 4.78 is 26.2. The number of rotatable bonds is 5. The Kier molecular flexibility index (Phi) is 5.40. The average molecular weight is 442 g/mol. The van der Waals surface area contributed by atoms with Crippen molar-refractivity contribution >= 4 is 21.4 Å². The zero-order valence-corrected chi connectivity index (χ0v) is 18.0. The molecule has 162 valence electrons. The molecule has 8 nitrogen and oxygen atoms in total. The Morgan fingerprint density at radius 1 is 1.10 bits per heavy atom. The van der Waals surface area contributed by atoms with Crippen LogP contribution in [0.25, 0.3) is 0 Å². The van der Waals surface area contributed by atoms with Crippen molar-refractivity contribution in [1.82, 2.24) is 5.43 Å². The Morgan fingerprint density at radius 3 is 2.23 bits per heavy atom. The van der Waals surface area contributed by atoms with E-state index in [-0.39, 0.29) is 22.4 Å². The van der Waals surface area contributed by atoms with Gasteiger partial charge >= 0.3 is 0 Å². The second-order valence-corrected chi connectivity index (χ2v) is 9.97. The smallest absolute Gasteiger partial charge is 0.249 e. The fraction of sp³-hybridized carbons (Fsp3) is 0.318. The molecule has 0 spiro atoms. The molecule has 1 fully saturated rings. The molecule has 1 saturated heterocycles. The van der Waals surface area contributed by atoms with Crippen LogP contribution >= 0.6 is 0 Å². The Labute approximate surface area is 180 Å². The summed E-state index contributed by atoms with van der Waals surface area (Å²) in [6.07, 6.45) is 0. The van der Waals surface area contributed by atoms with E-state index >= 15 is 0 Å². The van der Waals surface area contributed by atoms with Crippen LogP contribution in [0.1, 0.15) is 25.3 Å². The van der Waals surface area contributed by atoms with E-state index in [1.54, 1.807) is 42.5 Å². The SMILES string of the molecule is CC1=C([C@H](c2ccccc2)[C@H]2C(=O)N(c3ccccc3)N[C@H]2C)S(=O)(=O)C[C@H]1[N+](=O)[O-]. The monoisotopic (exact) mass is 441 g/mol. The molecular formula is C22H23N3O5S. The van der Waals surface area contributed by atoms with E-state index in [0.29, 0.717) is 11.3 Å². The maximum atomic E-state index is 13.5. The fourth-order valence-corrected chi connectivity index (χ4v) is 6.86.